The molecule has 2 aromatic rings. The molecule has 0 saturated carbocycles. The second-order valence-electron chi connectivity index (χ2n) is 6.61. The van der Waals surface area contributed by atoms with Crippen molar-refractivity contribution >= 4 is 23.2 Å². The van der Waals surface area contributed by atoms with Crippen molar-refractivity contribution in [2.75, 3.05) is 23.4 Å². The molecule has 0 aromatic heterocycles. The highest BCUT2D eigenvalue weighted by Crippen LogP contribution is 2.33. The van der Waals surface area contributed by atoms with Crippen molar-refractivity contribution in [1.82, 2.24) is 0 Å². The first-order valence-electron chi connectivity index (χ1n) is 8.90. The Kier molecular flexibility index (Phi) is 5.26. The number of hydrogen-bond donors (Lipinski definition) is 1. The molecule has 0 radical (unpaired) electrons. The smallest absolute Gasteiger partial charge is 0.229 e. The van der Waals surface area contributed by atoms with Gasteiger partial charge in [-0.25, -0.2) is 0 Å². The highest BCUT2D eigenvalue weighted by atomic mass is 16.5. The fourth-order valence-electron chi connectivity index (χ4n) is 3.18. The maximum Gasteiger partial charge on any atom is 0.229 e. The molecule has 1 atom stereocenters. The predicted octanol–water partition coefficient (Wildman–Crippen LogP) is 3.69. The maximum absolute atomic E-state index is 12.7. The van der Waals surface area contributed by atoms with Crippen LogP contribution in [0.1, 0.15) is 24.5 Å². The summed E-state index contributed by atoms with van der Waals surface area (Å²) in [6.07, 6.45) is 0.206. The first kappa shape index (κ1) is 18.0. The van der Waals surface area contributed by atoms with Crippen molar-refractivity contribution in [2.45, 2.75) is 27.2 Å². The summed E-state index contributed by atoms with van der Waals surface area (Å²) in [7, 11) is 0. The van der Waals surface area contributed by atoms with Gasteiger partial charge in [-0.2, -0.15) is 0 Å². The van der Waals surface area contributed by atoms with Crippen molar-refractivity contribution < 1.29 is 14.3 Å². The third kappa shape index (κ3) is 3.72. The Morgan fingerprint density at radius 1 is 1.23 bits per heavy atom. The zero-order chi connectivity index (χ0) is 18.7. The lowest BCUT2D eigenvalue weighted by molar-refractivity contribution is -0.122. The highest BCUT2D eigenvalue weighted by molar-refractivity contribution is 6.04. The Morgan fingerprint density at radius 2 is 2.00 bits per heavy atom. The van der Waals surface area contributed by atoms with E-state index in [1.54, 1.807) is 4.90 Å². The molecule has 2 aromatic carbocycles. The molecule has 0 spiro atoms. The largest absolute Gasteiger partial charge is 0.492 e. The summed E-state index contributed by atoms with van der Waals surface area (Å²) in [4.78, 5) is 26.9. The Balaban J connectivity index is 1.75. The van der Waals surface area contributed by atoms with Gasteiger partial charge in [0.25, 0.3) is 0 Å². The molecule has 1 N–H and O–H groups in total. The normalized spacial score (nSPS) is 16.7. The van der Waals surface area contributed by atoms with Crippen LogP contribution in [-0.4, -0.2) is 25.0 Å². The van der Waals surface area contributed by atoms with Crippen molar-refractivity contribution in [1.29, 1.82) is 0 Å². The molecule has 5 nitrogen and oxygen atoms in total. The predicted molar refractivity (Wildman–Crippen MR) is 103 cm³/mol. The first-order chi connectivity index (χ1) is 12.5. The zero-order valence-corrected chi connectivity index (χ0v) is 15.4. The topological polar surface area (TPSA) is 58.6 Å². The van der Waals surface area contributed by atoms with Gasteiger partial charge in [0.2, 0.25) is 11.8 Å². The molecular formula is C21H24N2O3. The summed E-state index contributed by atoms with van der Waals surface area (Å²) in [5.74, 6) is 0.109. The quantitative estimate of drug-likeness (QED) is 0.893. The van der Waals surface area contributed by atoms with E-state index < -0.39 is 0 Å². The molecule has 0 bridgehead atoms. The van der Waals surface area contributed by atoms with E-state index in [0.29, 0.717) is 18.9 Å². The number of nitrogens with one attached hydrogen (secondary N) is 1. The molecule has 1 saturated heterocycles. The SMILES string of the molecule is CCOc1ccccc1N1C[C@H](C(=O)Nc2cc(C)ccc2C)CC1=O. The molecule has 1 aliphatic heterocycles. The lowest BCUT2D eigenvalue weighted by Gasteiger charge is -2.20. The number of carbonyl (C=O) groups excluding carboxylic acids is 2. The lowest BCUT2D eigenvalue weighted by atomic mass is 10.1. The summed E-state index contributed by atoms with van der Waals surface area (Å²) in [5, 5.41) is 2.98. The Bertz CT molecular complexity index is 832. The molecule has 0 unspecified atom stereocenters. The average molecular weight is 352 g/mol. The maximum atomic E-state index is 12.7. The summed E-state index contributed by atoms with van der Waals surface area (Å²) in [5.41, 5.74) is 3.62. The number of anilines is 2. The van der Waals surface area contributed by atoms with E-state index in [9.17, 15) is 9.59 Å². The molecule has 3 rings (SSSR count). The fraction of sp³-hybridized carbons (Fsp3) is 0.333. The summed E-state index contributed by atoms with van der Waals surface area (Å²) in [6.45, 7) is 6.73. The standard InChI is InChI=1S/C21H24N2O3/c1-4-26-19-8-6-5-7-18(19)23-13-16(12-20(23)24)21(25)22-17-11-14(2)9-10-15(17)3/h5-11,16H,4,12-13H2,1-3H3,(H,22,25)/t16-/m1/s1. The molecule has 1 fully saturated rings. The van der Waals surface area contributed by atoms with Gasteiger partial charge in [-0.15, -0.1) is 0 Å². The molecule has 136 valence electrons. The van der Waals surface area contributed by atoms with E-state index in [1.807, 2.05) is 63.2 Å². The molecule has 0 aliphatic carbocycles. The van der Waals surface area contributed by atoms with Gasteiger partial charge in [0, 0.05) is 18.7 Å². The van der Waals surface area contributed by atoms with E-state index in [1.165, 1.54) is 0 Å². The van der Waals surface area contributed by atoms with E-state index >= 15 is 0 Å². The van der Waals surface area contributed by atoms with E-state index in [-0.39, 0.29) is 24.2 Å². The van der Waals surface area contributed by atoms with Crippen LogP contribution in [-0.2, 0) is 9.59 Å². The lowest BCUT2D eigenvalue weighted by Crippen LogP contribution is -2.28. The van der Waals surface area contributed by atoms with Crippen LogP contribution in [0, 0.1) is 19.8 Å². The number of ether oxygens (including phenoxy) is 1. The number of amides is 2. The van der Waals surface area contributed by atoms with Crippen LogP contribution >= 0.6 is 0 Å². The van der Waals surface area contributed by atoms with Gasteiger partial charge in [-0.3, -0.25) is 9.59 Å². The van der Waals surface area contributed by atoms with Gasteiger partial charge in [-0.1, -0.05) is 24.3 Å². The van der Waals surface area contributed by atoms with Crippen LogP contribution in [0.5, 0.6) is 5.75 Å². The number of nitrogens with zero attached hydrogens (tertiary/aromatic N) is 1. The number of hydrogen-bond acceptors (Lipinski definition) is 3. The number of aryl methyl sites for hydroxylation is 2. The third-order valence-corrected chi connectivity index (χ3v) is 4.60. The Hall–Kier alpha value is -2.82. The van der Waals surface area contributed by atoms with E-state index in [4.69, 9.17) is 4.74 Å². The number of para-hydroxylation sites is 2. The van der Waals surface area contributed by atoms with Crippen LogP contribution in [0.4, 0.5) is 11.4 Å². The monoisotopic (exact) mass is 352 g/mol. The minimum atomic E-state index is -0.378. The zero-order valence-electron chi connectivity index (χ0n) is 15.4. The van der Waals surface area contributed by atoms with Crippen LogP contribution in [0.15, 0.2) is 42.5 Å². The van der Waals surface area contributed by atoms with Gasteiger partial charge < -0.3 is 15.0 Å². The van der Waals surface area contributed by atoms with Gasteiger partial charge >= 0.3 is 0 Å². The summed E-state index contributed by atoms with van der Waals surface area (Å²) < 4.78 is 5.62. The molecule has 1 aliphatic rings. The van der Waals surface area contributed by atoms with Crippen molar-refractivity contribution in [2.24, 2.45) is 5.92 Å². The minimum Gasteiger partial charge on any atom is -0.492 e. The van der Waals surface area contributed by atoms with Crippen LogP contribution < -0.4 is 15.0 Å². The Labute approximate surface area is 154 Å². The van der Waals surface area contributed by atoms with E-state index in [0.717, 1.165) is 22.5 Å². The minimum absolute atomic E-state index is 0.0572. The molecule has 5 heteroatoms. The van der Waals surface area contributed by atoms with Crippen molar-refractivity contribution in [3.63, 3.8) is 0 Å². The van der Waals surface area contributed by atoms with Gasteiger partial charge in [0.15, 0.2) is 0 Å². The fourth-order valence-corrected chi connectivity index (χ4v) is 3.18. The summed E-state index contributed by atoms with van der Waals surface area (Å²) >= 11 is 0. The molecule has 26 heavy (non-hydrogen) atoms. The van der Waals surface area contributed by atoms with Crippen molar-refractivity contribution in [3.8, 4) is 5.75 Å². The van der Waals surface area contributed by atoms with E-state index in [2.05, 4.69) is 5.32 Å². The summed E-state index contributed by atoms with van der Waals surface area (Å²) in [6, 6.07) is 13.4. The number of carbonyl (C=O) groups is 2. The van der Waals surface area contributed by atoms with Gasteiger partial charge in [0.05, 0.1) is 18.2 Å². The third-order valence-electron chi connectivity index (χ3n) is 4.60. The average Bonchev–Trinajstić information content (AvgIpc) is 3.01. The number of rotatable bonds is 5. The second-order valence-corrected chi connectivity index (χ2v) is 6.61. The van der Waals surface area contributed by atoms with Crippen LogP contribution in [0.2, 0.25) is 0 Å². The van der Waals surface area contributed by atoms with Crippen LogP contribution in [0.3, 0.4) is 0 Å². The highest BCUT2D eigenvalue weighted by Gasteiger charge is 2.36. The Morgan fingerprint density at radius 3 is 2.77 bits per heavy atom. The molecule has 2 amide bonds. The second kappa shape index (κ2) is 7.60. The molecule has 1 heterocycles. The number of benzene rings is 2. The van der Waals surface area contributed by atoms with Gasteiger partial charge in [-0.05, 0) is 50.1 Å². The van der Waals surface area contributed by atoms with Crippen molar-refractivity contribution in [3.05, 3.63) is 53.6 Å². The van der Waals surface area contributed by atoms with Gasteiger partial charge in [0.1, 0.15) is 5.75 Å². The van der Waals surface area contributed by atoms with Crippen LogP contribution in [0.25, 0.3) is 0 Å². The molecular weight excluding hydrogens is 328 g/mol. The first-order valence-corrected chi connectivity index (χ1v) is 8.90.